The van der Waals surface area contributed by atoms with Gasteiger partial charge in [-0.3, -0.25) is 9.59 Å². The highest BCUT2D eigenvalue weighted by Crippen LogP contribution is 2.17. The first-order valence-corrected chi connectivity index (χ1v) is 10.9. The standard InChI is InChI=1S/C18H25N3O5S/c1-27(24,25)15-4-2-3-14(10-15)17(22)20-12-13-9-16(19-11-13)18(23)21-5-7-26-8-6-21/h2-4,10,13,16,19H,5-9,11-12H2,1H3,(H,20,22). The number of hydrogen-bond donors (Lipinski definition) is 2. The van der Waals surface area contributed by atoms with Gasteiger partial charge in [0.1, 0.15) is 0 Å². The van der Waals surface area contributed by atoms with E-state index in [1.165, 1.54) is 12.1 Å². The second-order valence-corrected chi connectivity index (χ2v) is 9.03. The van der Waals surface area contributed by atoms with Gasteiger partial charge in [-0.2, -0.15) is 0 Å². The van der Waals surface area contributed by atoms with Gasteiger partial charge in [0.05, 0.1) is 24.2 Å². The average Bonchev–Trinajstić information content (AvgIpc) is 3.14. The van der Waals surface area contributed by atoms with E-state index in [2.05, 4.69) is 10.6 Å². The molecule has 1 aromatic rings. The van der Waals surface area contributed by atoms with E-state index in [0.717, 1.165) is 6.26 Å². The van der Waals surface area contributed by atoms with Crippen LogP contribution in [-0.2, 0) is 19.4 Å². The van der Waals surface area contributed by atoms with Crippen molar-refractivity contribution < 1.29 is 22.7 Å². The Labute approximate surface area is 159 Å². The molecule has 27 heavy (non-hydrogen) atoms. The van der Waals surface area contributed by atoms with Crippen molar-refractivity contribution in [2.75, 3.05) is 45.6 Å². The molecule has 2 saturated heterocycles. The third-order valence-electron chi connectivity index (χ3n) is 4.92. The summed E-state index contributed by atoms with van der Waals surface area (Å²) in [5, 5.41) is 6.07. The minimum atomic E-state index is -3.36. The van der Waals surface area contributed by atoms with Crippen LogP contribution in [0.3, 0.4) is 0 Å². The van der Waals surface area contributed by atoms with E-state index in [1.807, 2.05) is 4.90 Å². The van der Waals surface area contributed by atoms with E-state index in [1.54, 1.807) is 12.1 Å². The number of morpholine rings is 1. The molecular formula is C18H25N3O5S. The van der Waals surface area contributed by atoms with Crippen molar-refractivity contribution in [1.29, 1.82) is 0 Å². The van der Waals surface area contributed by atoms with E-state index in [9.17, 15) is 18.0 Å². The molecule has 2 unspecified atom stereocenters. The van der Waals surface area contributed by atoms with Gasteiger partial charge in [-0.25, -0.2) is 8.42 Å². The second-order valence-electron chi connectivity index (χ2n) is 7.01. The molecule has 0 radical (unpaired) electrons. The molecule has 8 nitrogen and oxygen atoms in total. The normalized spacial score (nSPS) is 23.2. The molecule has 0 bridgehead atoms. The van der Waals surface area contributed by atoms with Crippen LogP contribution in [0.15, 0.2) is 29.2 Å². The topological polar surface area (TPSA) is 105 Å². The number of nitrogens with one attached hydrogen (secondary N) is 2. The molecule has 2 aliphatic heterocycles. The summed E-state index contributed by atoms with van der Waals surface area (Å²) in [5.74, 6) is -0.0709. The molecule has 0 spiro atoms. The fourth-order valence-electron chi connectivity index (χ4n) is 3.36. The molecule has 148 valence electrons. The quantitative estimate of drug-likeness (QED) is 0.707. The number of sulfone groups is 1. The Hall–Kier alpha value is -1.97. The van der Waals surface area contributed by atoms with Crippen LogP contribution in [0.1, 0.15) is 16.8 Å². The zero-order valence-electron chi connectivity index (χ0n) is 15.3. The predicted molar refractivity (Wildman–Crippen MR) is 99.2 cm³/mol. The lowest BCUT2D eigenvalue weighted by Crippen LogP contribution is -2.48. The van der Waals surface area contributed by atoms with Gasteiger partial charge in [0.2, 0.25) is 5.91 Å². The van der Waals surface area contributed by atoms with E-state index < -0.39 is 9.84 Å². The first-order valence-electron chi connectivity index (χ1n) is 9.03. The van der Waals surface area contributed by atoms with Crippen molar-refractivity contribution in [1.82, 2.24) is 15.5 Å². The third kappa shape index (κ3) is 5.06. The number of carbonyl (C=O) groups excluding carboxylic acids is 2. The maximum absolute atomic E-state index is 12.5. The summed E-state index contributed by atoms with van der Waals surface area (Å²) < 4.78 is 28.5. The van der Waals surface area contributed by atoms with Gasteiger partial charge in [-0.05, 0) is 30.5 Å². The number of ether oxygens (including phenoxy) is 1. The maximum Gasteiger partial charge on any atom is 0.251 e. The van der Waals surface area contributed by atoms with Crippen molar-refractivity contribution in [3.63, 3.8) is 0 Å². The zero-order valence-corrected chi connectivity index (χ0v) is 16.1. The lowest BCUT2D eigenvalue weighted by atomic mass is 10.0. The fraction of sp³-hybridized carbons (Fsp3) is 0.556. The van der Waals surface area contributed by atoms with E-state index in [4.69, 9.17) is 4.74 Å². The number of amides is 2. The summed E-state index contributed by atoms with van der Waals surface area (Å²) in [4.78, 5) is 26.8. The minimum absolute atomic E-state index is 0.0907. The Morgan fingerprint density at radius 2 is 2.04 bits per heavy atom. The highest BCUT2D eigenvalue weighted by atomic mass is 32.2. The van der Waals surface area contributed by atoms with Gasteiger partial charge in [-0.1, -0.05) is 6.07 Å². The number of benzene rings is 1. The Kier molecular flexibility index (Phi) is 6.13. The van der Waals surface area contributed by atoms with Gasteiger partial charge in [0.15, 0.2) is 9.84 Å². The van der Waals surface area contributed by atoms with Crippen LogP contribution in [-0.4, -0.2) is 76.8 Å². The van der Waals surface area contributed by atoms with Crippen LogP contribution in [0.2, 0.25) is 0 Å². The predicted octanol–water partition coefficient (Wildman–Crippen LogP) is -0.343. The summed E-state index contributed by atoms with van der Waals surface area (Å²) in [5.41, 5.74) is 0.310. The van der Waals surface area contributed by atoms with Gasteiger partial charge < -0.3 is 20.3 Å². The van der Waals surface area contributed by atoms with Crippen LogP contribution in [0, 0.1) is 5.92 Å². The molecule has 0 aliphatic carbocycles. The van der Waals surface area contributed by atoms with E-state index >= 15 is 0 Å². The van der Waals surface area contributed by atoms with Crippen LogP contribution in [0.4, 0.5) is 0 Å². The Morgan fingerprint density at radius 3 is 2.74 bits per heavy atom. The molecule has 9 heteroatoms. The highest BCUT2D eigenvalue weighted by Gasteiger charge is 2.32. The molecule has 0 saturated carbocycles. The molecule has 2 amide bonds. The molecule has 2 atom stereocenters. The maximum atomic E-state index is 12.5. The molecule has 2 fully saturated rings. The summed E-state index contributed by atoms with van der Waals surface area (Å²) in [6.07, 6.45) is 1.78. The second kappa shape index (κ2) is 8.37. The van der Waals surface area contributed by atoms with E-state index in [0.29, 0.717) is 51.4 Å². The molecule has 2 N–H and O–H groups in total. The van der Waals surface area contributed by atoms with Gasteiger partial charge >= 0.3 is 0 Å². The first kappa shape index (κ1) is 19.8. The van der Waals surface area contributed by atoms with E-state index in [-0.39, 0.29) is 28.7 Å². The fourth-order valence-corrected chi connectivity index (χ4v) is 4.03. The third-order valence-corrected chi connectivity index (χ3v) is 6.03. The number of hydrogen-bond acceptors (Lipinski definition) is 6. The Bertz CT molecular complexity index is 805. The molecule has 0 aromatic heterocycles. The lowest BCUT2D eigenvalue weighted by molar-refractivity contribution is -0.137. The van der Waals surface area contributed by atoms with Crippen molar-refractivity contribution in [2.24, 2.45) is 5.92 Å². The molecule has 3 rings (SSSR count). The molecule has 2 heterocycles. The summed E-state index contributed by atoms with van der Waals surface area (Å²) in [7, 11) is -3.36. The van der Waals surface area contributed by atoms with Crippen LogP contribution in [0.25, 0.3) is 0 Å². The summed E-state index contributed by atoms with van der Waals surface area (Å²) in [6.45, 7) is 3.48. The zero-order chi connectivity index (χ0) is 19.4. The Morgan fingerprint density at radius 1 is 1.30 bits per heavy atom. The van der Waals surface area contributed by atoms with Crippen molar-refractivity contribution in [2.45, 2.75) is 17.4 Å². The molecule has 1 aromatic carbocycles. The first-order chi connectivity index (χ1) is 12.8. The Balaban J connectivity index is 1.51. The monoisotopic (exact) mass is 395 g/mol. The van der Waals surface area contributed by atoms with Crippen LogP contribution < -0.4 is 10.6 Å². The van der Waals surface area contributed by atoms with Crippen molar-refractivity contribution >= 4 is 21.7 Å². The smallest absolute Gasteiger partial charge is 0.251 e. The average molecular weight is 395 g/mol. The number of rotatable bonds is 5. The van der Waals surface area contributed by atoms with Crippen LogP contribution in [0.5, 0.6) is 0 Å². The van der Waals surface area contributed by atoms with Crippen molar-refractivity contribution in [3.05, 3.63) is 29.8 Å². The minimum Gasteiger partial charge on any atom is -0.378 e. The highest BCUT2D eigenvalue weighted by molar-refractivity contribution is 7.90. The van der Waals surface area contributed by atoms with Gasteiger partial charge in [0.25, 0.3) is 5.91 Å². The summed E-state index contributed by atoms with van der Waals surface area (Å²) >= 11 is 0. The molecule has 2 aliphatic rings. The van der Waals surface area contributed by atoms with Gasteiger partial charge in [0, 0.05) is 38.0 Å². The van der Waals surface area contributed by atoms with Crippen LogP contribution >= 0.6 is 0 Å². The summed E-state index contributed by atoms with van der Waals surface area (Å²) in [6, 6.07) is 5.76. The lowest BCUT2D eigenvalue weighted by Gasteiger charge is -2.29. The number of carbonyl (C=O) groups is 2. The largest absolute Gasteiger partial charge is 0.378 e. The molecular weight excluding hydrogens is 370 g/mol. The SMILES string of the molecule is CS(=O)(=O)c1cccc(C(=O)NCC2CNC(C(=O)N3CCOCC3)C2)c1. The van der Waals surface area contributed by atoms with Gasteiger partial charge in [-0.15, -0.1) is 0 Å². The number of nitrogens with zero attached hydrogens (tertiary/aromatic N) is 1. The van der Waals surface area contributed by atoms with Crippen molar-refractivity contribution in [3.8, 4) is 0 Å².